The Morgan fingerprint density at radius 3 is 2.39 bits per heavy atom. The van der Waals surface area contributed by atoms with Gasteiger partial charge in [0, 0.05) is 9.79 Å². The van der Waals surface area contributed by atoms with Crippen LogP contribution in [-0.4, -0.2) is 0 Å². The van der Waals surface area contributed by atoms with Crippen LogP contribution >= 0.6 is 51.1 Å². The molecule has 0 aromatic heterocycles. The van der Waals surface area contributed by atoms with Crippen molar-refractivity contribution in [3.8, 4) is 11.1 Å². The van der Waals surface area contributed by atoms with Crippen molar-refractivity contribution in [1.29, 1.82) is 0 Å². The molecule has 1 heterocycles. The lowest BCUT2D eigenvalue weighted by Gasteiger charge is -2.12. The SMILES string of the molecule is Cc1ccccc1-c1cccc2c1SSSSS2. The van der Waals surface area contributed by atoms with Crippen LogP contribution in [0.1, 0.15) is 5.56 Å². The predicted molar refractivity (Wildman–Crippen MR) is 91.1 cm³/mol. The Labute approximate surface area is 126 Å². The minimum Gasteiger partial charge on any atom is -0.0620 e. The van der Waals surface area contributed by atoms with Crippen LogP contribution in [0.2, 0.25) is 0 Å². The van der Waals surface area contributed by atoms with Crippen molar-refractivity contribution in [2.45, 2.75) is 16.7 Å². The smallest absolute Gasteiger partial charge is 0.0414 e. The molecule has 0 spiro atoms. The molecule has 0 N–H and O–H groups in total. The number of fused-ring (bicyclic) bond motifs is 1. The third kappa shape index (κ3) is 2.70. The quantitative estimate of drug-likeness (QED) is 0.532. The van der Waals surface area contributed by atoms with E-state index in [2.05, 4.69) is 49.4 Å². The van der Waals surface area contributed by atoms with Crippen LogP contribution in [-0.2, 0) is 0 Å². The maximum Gasteiger partial charge on any atom is 0.0414 e. The van der Waals surface area contributed by atoms with Gasteiger partial charge in [-0.15, -0.1) is 0 Å². The zero-order valence-electron chi connectivity index (χ0n) is 9.58. The monoisotopic (exact) mass is 326 g/mol. The minimum atomic E-state index is 1.34. The Kier molecular flexibility index (Phi) is 4.46. The second-order valence-corrected chi connectivity index (χ2v) is 11.3. The predicted octanol–water partition coefficient (Wildman–Crippen LogP) is 6.72. The van der Waals surface area contributed by atoms with E-state index in [0.29, 0.717) is 0 Å². The highest BCUT2D eigenvalue weighted by Gasteiger charge is 2.16. The van der Waals surface area contributed by atoms with Crippen LogP contribution in [0, 0.1) is 6.92 Å². The van der Waals surface area contributed by atoms with Crippen LogP contribution in [0.5, 0.6) is 0 Å². The van der Waals surface area contributed by atoms with Crippen molar-refractivity contribution in [2.24, 2.45) is 0 Å². The minimum absolute atomic E-state index is 1.34. The van der Waals surface area contributed by atoms with Crippen LogP contribution < -0.4 is 0 Å². The van der Waals surface area contributed by atoms with Crippen molar-refractivity contribution >= 4 is 51.1 Å². The number of aryl methyl sites for hydroxylation is 1. The number of rotatable bonds is 1. The van der Waals surface area contributed by atoms with Crippen molar-refractivity contribution in [2.75, 3.05) is 0 Å². The summed E-state index contributed by atoms with van der Waals surface area (Å²) in [7, 11) is 9.27. The van der Waals surface area contributed by atoms with Gasteiger partial charge in [0.2, 0.25) is 0 Å². The summed E-state index contributed by atoms with van der Waals surface area (Å²) >= 11 is 0. The Hall–Kier alpha value is 0.190. The summed E-state index contributed by atoms with van der Waals surface area (Å²) in [6.45, 7) is 2.18. The summed E-state index contributed by atoms with van der Waals surface area (Å²) in [4.78, 5) is 2.78. The topological polar surface area (TPSA) is 0 Å². The zero-order chi connectivity index (χ0) is 12.4. The molecular formula is C13H10S5. The first kappa shape index (κ1) is 13.2. The first-order chi connectivity index (χ1) is 8.86. The van der Waals surface area contributed by atoms with Gasteiger partial charge >= 0.3 is 0 Å². The molecule has 0 nitrogen and oxygen atoms in total. The first-order valence-electron chi connectivity index (χ1n) is 5.40. The van der Waals surface area contributed by atoms with Gasteiger partial charge in [0.15, 0.2) is 0 Å². The number of benzene rings is 2. The lowest BCUT2D eigenvalue weighted by molar-refractivity contribution is 1.26. The van der Waals surface area contributed by atoms with Gasteiger partial charge in [-0.2, -0.15) is 0 Å². The fraction of sp³-hybridized carbons (Fsp3) is 0.0769. The molecule has 1 aliphatic heterocycles. The van der Waals surface area contributed by atoms with Gasteiger partial charge in [-0.3, -0.25) is 0 Å². The van der Waals surface area contributed by atoms with Gasteiger partial charge < -0.3 is 0 Å². The summed E-state index contributed by atoms with van der Waals surface area (Å²) in [5.74, 6) is 0. The van der Waals surface area contributed by atoms with Gasteiger partial charge in [0.25, 0.3) is 0 Å². The van der Waals surface area contributed by atoms with Crippen molar-refractivity contribution < 1.29 is 0 Å². The molecular weight excluding hydrogens is 316 g/mol. The molecule has 0 radical (unpaired) electrons. The van der Waals surface area contributed by atoms with E-state index < -0.39 is 0 Å². The third-order valence-electron chi connectivity index (χ3n) is 2.71. The summed E-state index contributed by atoms with van der Waals surface area (Å²) < 4.78 is 0. The highest BCUT2D eigenvalue weighted by Crippen LogP contribution is 2.60. The second kappa shape index (κ2) is 6.09. The Morgan fingerprint density at radius 1 is 0.722 bits per heavy atom. The molecule has 5 heteroatoms. The summed E-state index contributed by atoms with van der Waals surface area (Å²) in [6.07, 6.45) is 0. The average molecular weight is 327 g/mol. The third-order valence-corrected chi connectivity index (χ3v) is 11.2. The van der Waals surface area contributed by atoms with E-state index in [1.165, 1.54) is 26.5 Å². The molecule has 0 saturated heterocycles. The molecule has 0 unspecified atom stereocenters. The molecule has 0 atom stereocenters. The van der Waals surface area contributed by atoms with Gasteiger partial charge in [-0.25, -0.2) is 0 Å². The number of hydrogen-bond donors (Lipinski definition) is 0. The molecule has 0 bridgehead atoms. The molecule has 2 aromatic carbocycles. The molecule has 0 fully saturated rings. The summed E-state index contributed by atoms with van der Waals surface area (Å²) in [6, 6.07) is 15.2. The molecule has 0 aliphatic carbocycles. The largest absolute Gasteiger partial charge is 0.0620 e. The Morgan fingerprint density at radius 2 is 1.50 bits per heavy atom. The molecule has 92 valence electrons. The van der Waals surface area contributed by atoms with Gasteiger partial charge in [0.1, 0.15) is 0 Å². The van der Waals surface area contributed by atoms with Crippen LogP contribution in [0.3, 0.4) is 0 Å². The van der Waals surface area contributed by atoms with E-state index in [0.717, 1.165) is 0 Å². The maximum absolute atomic E-state index is 2.23. The van der Waals surface area contributed by atoms with E-state index in [-0.39, 0.29) is 0 Å². The summed E-state index contributed by atoms with van der Waals surface area (Å²) in [5, 5.41) is 0. The van der Waals surface area contributed by atoms with E-state index in [4.69, 9.17) is 0 Å². The Bertz CT molecular complexity index is 567. The standard InChI is InChI=1S/C13H10S5/c1-9-5-2-3-6-10(9)11-7-4-8-12-13(11)15-17-18-16-14-12/h2-8H,1H3. The van der Waals surface area contributed by atoms with Gasteiger partial charge in [0.05, 0.1) is 0 Å². The van der Waals surface area contributed by atoms with E-state index in [9.17, 15) is 0 Å². The fourth-order valence-corrected chi connectivity index (χ4v) is 10.9. The highest BCUT2D eigenvalue weighted by atomic mass is 33.8. The molecule has 18 heavy (non-hydrogen) atoms. The van der Waals surface area contributed by atoms with E-state index >= 15 is 0 Å². The zero-order valence-corrected chi connectivity index (χ0v) is 13.7. The summed E-state index contributed by atoms with van der Waals surface area (Å²) in [5.41, 5.74) is 4.05. The highest BCUT2D eigenvalue weighted by molar-refractivity contribution is 9.36. The van der Waals surface area contributed by atoms with Gasteiger partial charge in [-0.05, 0) is 80.7 Å². The lowest BCUT2D eigenvalue weighted by Crippen LogP contribution is -1.86. The first-order valence-corrected chi connectivity index (χ1v) is 11.5. The molecule has 3 rings (SSSR count). The van der Waals surface area contributed by atoms with Crippen molar-refractivity contribution in [3.05, 3.63) is 48.0 Å². The van der Waals surface area contributed by atoms with Crippen molar-refractivity contribution in [3.63, 3.8) is 0 Å². The second-order valence-electron chi connectivity index (χ2n) is 3.82. The van der Waals surface area contributed by atoms with Crippen LogP contribution in [0.25, 0.3) is 11.1 Å². The van der Waals surface area contributed by atoms with E-state index in [1.54, 1.807) is 0 Å². The normalized spacial score (nSPS) is 14.9. The van der Waals surface area contributed by atoms with Gasteiger partial charge in [-0.1, -0.05) is 36.4 Å². The number of hydrogen-bond acceptors (Lipinski definition) is 5. The molecule has 0 saturated carbocycles. The Balaban J connectivity index is 2.16. The average Bonchev–Trinajstić information content (AvgIpc) is 2.64. The van der Waals surface area contributed by atoms with Crippen LogP contribution in [0.15, 0.2) is 52.3 Å². The fourth-order valence-electron chi connectivity index (χ4n) is 1.86. The maximum atomic E-state index is 2.23. The van der Waals surface area contributed by atoms with Crippen LogP contribution in [0.4, 0.5) is 0 Å². The van der Waals surface area contributed by atoms with E-state index in [1.807, 2.05) is 51.1 Å². The molecule has 1 aliphatic rings. The lowest BCUT2D eigenvalue weighted by atomic mass is 10.0. The molecule has 2 aromatic rings. The van der Waals surface area contributed by atoms with Crippen molar-refractivity contribution in [1.82, 2.24) is 0 Å². The molecule has 0 amide bonds.